The summed E-state index contributed by atoms with van der Waals surface area (Å²) in [5.41, 5.74) is 9.53. The number of amides is 6. The summed E-state index contributed by atoms with van der Waals surface area (Å²) in [6.07, 6.45) is 9.49. The van der Waals surface area contributed by atoms with Gasteiger partial charge in [0.2, 0.25) is 23.6 Å². The zero-order chi connectivity index (χ0) is 53.2. The second-order valence-corrected chi connectivity index (χ2v) is 19.7. The molecule has 77 heavy (non-hydrogen) atoms. The van der Waals surface area contributed by atoms with E-state index in [-0.39, 0.29) is 54.6 Å². The van der Waals surface area contributed by atoms with E-state index >= 15 is 4.39 Å². The molecule has 0 saturated carbocycles. The number of fused-ring (bicyclic) bond motifs is 1. The van der Waals surface area contributed by atoms with Crippen molar-refractivity contribution in [2.45, 2.75) is 75.8 Å². The summed E-state index contributed by atoms with van der Waals surface area (Å²) >= 11 is 0. The molecular weight excluding hydrogens is 1010 g/mol. The van der Waals surface area contributed by atoms with Crippen LogP contribution < -0.4 is 26.0 Å². The molecule has 0 bridgehead atoms. The second kappa shape index (κ2) is 25.7. The van der Waals surface area contributed by atoms with Crippen molar-refractivity contribution in [1.82, 2.24) is 40.2 Å². The van der Waals surface area contributed by atoms with Crippen LogP contribution in [0.3, 0.4) is 0 Å². The lowest BCUT2D eigenvalue weighted by molar-refractivity contribution is -0.137. The van der Waals surface area contributed by atoms with Crippen LogP contribution in [-0.2, 0) is 42.2 Å². The van der Waals surface area contributed by atoms with Crippen molar-refractivity contribution in [2.24, 2.45) is 5.73 Å². The zero-order valence-electron chi connectivity index (χ0n) is 43.1. The molecule has 22 heteroatoms. The van der Waals surface area contributed by atoms with Gasteiger partial charge in [0.05, 0.1) is 29.0 Å². The van der Waals surface area contributed by atoms with E-state index in [0.29, 0.717) is 83.3 Å². The lowest BCUT2D eigenvalue weighted by Gasteiger charge is -2.41. The standard InChI is InChI=1S/C55H64FN11O9.ClH/c1-64-22-18-55(19-23-64,54-60-50(62-63-54)37-16-20-58-21-17-37)61-44-11-6-10-40(49(57)70)39(44)13-12-36-8-5-9-38(32-36)76-31-4-2-3-28-74-29-7-30-75-35-48(69)66-26-24-65(25-27-66)46-34-42-41(33-43(46)56)52(72)67(53(42)73)45-14-15-47(68)59-51(45)71;/h5-6,8-11,16-17,20-21,32-34,45,61H,2-4,7,12-15,18-19,22-31,35H2,1H3,(H2,57,70)(H,59,68,71)(H,60,62,63);1H. The Labute approximate surface area is 452 Å². The lowest BCUT2D eigenvalue weighted by atomic mass is 9.85. The Morgan fingerprint density at radius 3 is 2.30 bits per heavy atom. The number of primary amides is 1. The van der Waals surface area contributed by atoms with Gasteiger partial charge in [-0.2, -0.15) is 5.10 Å². The van der Waals surface area contributed by atoms with Crippen molar-refractivity contribution in [3.8, 4) is 17.1 Å². The van der Waals surface area contributed by atoms with Gasteiger partial charge in [-0.05, 0) is 124 Å². The smallest absolute Gasteiger partial charge is 0.262 e. The number of carbonyl (C=O) groups is 6. The summed E-state index contributed by atoms with van der Waals surface area (Å²) in [7, 11) is 2.11. The van der Waals surface area contributed by atoms with Gasteiger partial charge in [0.25, 0.3) is 11.8 Å². The monoisotopic (exact) mass is 1080 g/mol. The highest BCUT2D eigenvalue weighted by atomic mass is 35.5. The van der Waals surface area contributed by atoms with Gasteiger partial charge in [-0.15, -0.1) is 12.4 Å². The minimum atomic E-state index is -1.14. The molecule has 4 aliphatic rings. The summed E-state index contributed by atoms with van der Waals surface area (Å²) < 4.78 is 33.0. The van der Waals surface area contributed by atoms with Crippen molar-refractivity contribution in [3.63, 3.8) is 0 Å². The molecule has 3 aromatic carbocycles. The SMILES string of the molecule is CN1CCC(Nc2cccc(C(N)=O)c2CCc2cccc(OCCCCCOCCCOCC(=O)N3CCN(c4cc5c(cc4F)C(=O)N(C4CCC(=O)NC4=O)C5=O)CC3)c2)(c2nc(-c3ccncc3)n[nH]2)CC1.Cl. The highest BCUT2D eigenvalue weighted by molar-refractivity contribution is 6.23. The molecule has 9 rings (SSSR count). The van der Waals surface area contributed by atoms with E-state index in [9.17, 15) is 28.8 Å². The molecule has 6 amide bonds. The van der Waals surface area contributed by atoms with E-state index < -0.39 is 46.9 Å². The number of H-pyrrole nitrogens is 1. The Balaban J connectivity index is 0.00000784. The van der Waals surface area contributed by atoms with Crippen LogP contribution in [0.4, 0.5) is 15.8 Å². The third kappa shape index (κ3) is 13.3. The Hall–Kier alpha value is -7.33. The van der Waals surface area contributed by atoms with E-state index in [1.165, 1.54) is 6.07 Å². The maximum Gasteiger partial charge on any atom is 0.262 e. The summed E-state index contributed by atoms with van der Waals surface area (Å²) in [5, 5.41) is 13.8. The fraction of sp³-hybridized carbons (Fsp3) is 0.436. The lowest BCUT2D eigenvalue weighted by Crippen LogP contribution is -2.54. The van der Waals surface area contributed by atoms with Crippen LogP contribution in [0.1, 0.15) is 99.4 Å². The van der Waals surface area contributed by atoms with E-state index in [1.807, 2.05) is 42.5 Å². The number of piperidine rings is 2. The normalized spacial score (nSPS) is 17.5. The molecule has 5 aromatic rings. The number of pyridine rings is 1. The predicted molar refractivity (Wildman–Crippen MR) is 285 cm³/mol. The number of rotatable bonds is 23. The molecule has 0 aliphatic carbocycles. The first-order valence-electron chi connectivity index (χ1n) is 26.0. The Morgan fingerprint density at radius 1 is 0.831 bits per heavy atom. The fourth-order valence-electron chi connectivity index (χ4n) is 10.3. The van der Waals surface area contributed by atoms with E-state index in [0.717, 1.165) is 90.1 Å². The third-order valence-electron chi connectivity index (χ3n) is 14.6. The number of halogens is 2. The van der Waals surface area contributed by atoms with Crippen LogP contribution in [0, 0.1) is 5.82 Å². The number of nitrogens with two attached hydrogens (primary N) is 1. The number of aromatic nitrogens is 4. The largest absolute Gasteiger partial charge is 0.494 e. The third-order valence-corrected chi connectivity index (χ3v) is 14.6. The molecule has 1 atom stereocenters. The highest BCUT2D eigenvalue weighted by Crippen LogP contribution is 2.38. The van der Waals surface area contributed by atoms with Crippen molar-refractivity contribution >= 4 is 59.2 Å². The number of benzene rings is 3. The molecule has 408 valence electrons. The number of imide groups is 2. The van der Waals surface area contributed by atoms with Crippen LogP contribution in [0.5, 0.6) is 5.75 Å². The molecule has 4 aliphatic heterocycles. The Bertz CT molecular complexity index is 2930. The molecule has 3 saturated heterocycles. The molecule has 2 aromatic heterocycles. The second-order valence-electron chi connectivity index (χ2n) is 19.7. The highest BCUT2D eigenvalue weighted by Gasteiger charge is 2.46. The summed E-state index contributed by atoms with van der Waals surface area (Å²) in [6, 6.07) is 18.7. The number of ether oxygens (including phenoxy) is 3. The molecule has 6 heterocycles. The van der Waals surface area contributed by atoms with Gasteiger partial charge < -0.3 is 40.0 Å². The van der Waals surface area contributed by atoms with Crippen LogP contribution >= 0.6 is 12.4 Å². The van der Waals surface area contributed by atoms with E-state index in [4.69, 9.17) is 24.9 Å². The summed E-state index contributed by atoms with van der Waals surface area (Å²) in [4.78, 5) is 91.7. The van der Waals surface area contributed by atoms with Gasteiger partial charge in [0, 0.05) is 94.7 Å². The van der Waals surface area contributed by atoms with E-state index in [2.05, 4.69) is 43.8 Å². The van der Waals surface area contributed by atoms with Gasteiger partial charge in [-0.1, -0.05) is 18.2 Å². The molecule has 0 spiro atoms. The van der Waals surface area contributed by atoms with Crippen molar-refractivity contribution in [3.05, 3.63) is 119 Å². The minimum absolute atomic E-state index is 0. The number of carbonyl (C=O) groups excluding carboxylic acids is 6. The first kappa shape index (κ1) is 55.9. The molecular formula is C55H65ClFN11O9. The van der Waals surface area contributed by atoms with Crippen LogP contribution in [0.15, 0.2) is 79.1 Å². The maximum atomic E-state index is 15.4. The number of aryl methyl sites for hydroxylation is 1. The number of nitrogens with one attached hydrogen (secondary N) is 3. The van der Waals surface area contributed by atoms with Gasteiger partial charge in [0.1, 0.15) is 24.2 Å². The zero-order valence-corrected chi connectivity index (χ0v) is 43.9. The molecule has 3 fully saturated rings. The van der Waals surface area contributed by atoms with Gasteiger partial charge in [0.15, 0.2) is 11.6 Å². The number of piperazine rings is 1. The molecule has 0 radical (unpaired) electrons. The molecule has 5 N–H and O–H groups in total. The summed E-state index contributed by atoms with van der Waals surface area (Å²) in [6.45, 7) is 4.83. The van der Waals surface area contributed by atoms with E-state index in [1.54, 1.807) is 28.3 Å². The first-order valence-corrected chi connectivity index (χ1v) is 26.0. The number of nitrogens with zero attached hydrogens (tertiary/aromatic N) is 7. The van der Waals surface area contributed by atoms with Crippen molar-refractivity contribution < 1.29 is 47.4 Å². The van der Waals surface area contributed by atoms with Gasteiger partial charge in [-0.3, -0.25) is 49.1 Å². The van der Waals surface area contributed by atoms with Crippen LogP contribution in [0.25, 0.3) is 11.4 Å². The number of likely N-dealkylation sites (tertiary alicyclic amines) is 1. The Morgan fingerprint density at radius 2 is 1.55 bits per heavy atom. The number of aromatic amines is 1. The van der Waals surface area contributed by atoms with Crippen molar-refractivity contribution in [2.75, 3.05) is 89.6 Å². The maximum absolute atomic E-state index is 15.4. The topological polar surface area (TPSA) is 248 Å². The van der Waals surface area contributed by atoms with Gasteiger partial charge >= 0.3 is 0 Å². The van der Waals surface area contributed by atoms with Gasteiger partial charge in [-0.25, -0.2) is 9.37 Å². The van der Waals surface area contributed by atoms with Crippen LogP contribution in [0.2, 0.25) is 0 Å². The molecule has 20 nitrogen and oxygen atoms in total. The number of anilines is 2. The average Bonchev–Trinajstić information content (AvgIpc) is 4.02. The number of hydrogen-bond donors (Lipinski definition) is 4. The number of unbranched alkanes of at least 4 members (excludes halogenated alkanes) is 2. The predicted octanol–water partition coefficient (Wildman–Crippen LogP) is 5.07. The number of hydrogen-bond acceptors (Lipinski definition) is 15. The fourth-order valence-corrected chi connectivity index (χ4v) is 10.3. The van der Waals surface area contributed by atoms with Crippen LogP contribution in [-0.4, -0.2) is 156 Å². The summed E-state index contributed by atoms with van der Waals surface area (Å²) in [5.74, 6) is -1.94. The first-order chi connectivity index (χ1) is 36.9. The molecule has 1 unspecified atom stereocenters. The Kier molecular flexibility index (Phi) is 18.6. The van der Waals surface area contributed by atoms with Crippen molar-refractivity contribution in [1.29, 1.82) is 0 Å². The quantitative estimate of drug-likeness (QED) is 0.0493. The minimum Gasteiger partial charge on any atom is -0.494 e. The average molecular weight is 1080 g/mol.